The van der Waals surface area contributed by atoms with Crippen LogP contribution in [0, 0.1) is 5.92 Å². The first-order valence-corrected chi connectivity index (χ1v) is 6.43. The third-order valence-electron chi connectivity index (χ3n) is 2.09. The maximum Gasteiger partial charge on any atom is 0.307 e. The summed E-state index contributed by atoms with van der Waals surface area (Å²) in [6.45, 7) is 4.64. The lowest BCUT2D eigenvalue weighted by Crippen LogP contribution is -2.36. The van der Waals surface area contributed by atoms with Gasteiger partial charge in [-0.15, -0.1) is 0 Å². The van der Waals surface area contributed by atoms with Crippen molar-refractivity contribution < 1.29 is 18.3 Å². The standard InChI is InChI=1S/C8H18N2O4S/c1-3-10(4-5-15(9,13)14)6-7(2)8(11)12/h7H,3-6H2,1-2H3,(H,11,12)(H2,9,13,14). The molecule has 0 spiro atoms. The lowest BCUT2D eigenvalue weighted by molar-refractivity contribution is -0.141. The Morgan fingerprint density at radius 2 is 2.07 bits per heavy atom. The van der Waals surface area contributed by atoms with Gasteiger partial charge in [0.25, 0.3) is 0 Å². The van der Waals surface area contributed by atoms with Crippen LogP contribution in [0.25, 0.3) is 0 Å². The number of hydrogen-bond donors (Lipinski definition) is 2. The number of aliphatic carboxylic acids is 1. The van der Waals surface area contributed by atoms with Gasteiger partial charge in [-0.3, -0.25) is 4.79 Å². The quantitative estimate of drug-likeness (QED) is 0.612. The molecule has 0 heterocycles. The van der Waals surface area contributed by atoms with Gasteiger partial charge in [0.15, 0.2) is 0 Å². The molecule has 1 unspecified atom stereocenters. The van der Waals surface area contributed by atoms with E-state index in [1.54, 1.807) is 11.8 Å². The van der Waals surface area contributed by atoms with Gasteiger partial charge in [0.2, 0.25) is 10.0 Å². The Morgan fingerprint density at radius 1 is 1.53 bits per heavy atom. The molecule has 0 aromatic rings. The SMILES string of the molecule is CCN(CCS(N)(=O)=O)CC(C)C(=O)O. The Bertz CT molecular complexity index is 302. The van der Waals surface area contributed by atoms with Crippen LogP contribution >= 0.6 is 0 Å². The van der Waals surface area contributed by atoms with Crippen LogP contribution in [0.5, 0.6) is 0 Å². The minimum absolute atomic E-state index is 0.146. The van der Waals surface area contributed by atoms with E-state index in [2.05, 4.69) is 0 Å². The molecule has 90 valence electrons. The van der Waals surface area contributed by atoms with Crippen molar-refractivity contribution in [3.63, 3.8) is 0 Å². The molecular formula is C8H18N2O4S. The number of carboxylic acid groups (broad SMARTS) is 1. The van der Waals surface area contributed by atoms with Crippen molar-refractivity contribution in [1.29, 1.82) is 0 Å². The van der Waals surface area contributed by atoms with Gasteiger partial charge < -0.3 is 10.0 Å². The summed E-state index contributed by atoms with van der Waals surface area (Å²) >= 11 is 0. The fraction of sp³-hybridized carbons (Fsp3) is 0.875. The number of primary sulfonamides is 1. The summed E-state index contributed by atoms with van der Waals surface area (Å²) < 4.78 is 21.4. The number of carbonyl (C=O) groups is 1. The normalized spacial score (nSPS) is 14.1. The van der Waals surface area contributed by atoms with Gasteiger partial charge in [-0.2, -0.15) is 0 Å². The third-order valence-corrected chi connectivity index (χ3v) is 2.84. The molecule has 1 atom stereocenters. The smallest absolute Gasteiger partial charge is 0.307 e. The highest BCUT2D eigenvalue weighted by Gasteiger charge is 2.16. The highest BCUT2D eigenvalue weighted by Crippen LogP contribution is 2.00. The molecule has 15 heavy (non-hydrogen) atoms. The van der Waals surface area contributed by atoms with Crippen LogP contribution in [0.3, 0.4) is 0 Å². The molecule has 6 nitrogen and oxygen atoms in total. The number of hydrogen-bond acceptors (Lipinski definition) is 4. The lowest BCUT2D eigenvalue weighted by atomic mass is 10.2. The Labute approximate surface area is 90.1 Å². The summed E-state index contributed by atoms with van der Waals surface area (Å²) in [4.78, 5) is 12.3. The van der Waals surface area contributed by atoms with Gasteiger partial charge in [0.1, 0.15) is 0 Å². The van der Waals surface area contributed by atoms with Crippen LogP contribution in [-0.2, 0) is 14.8 Å². The maximum atomic E-state index is 10.7. The van der Waals surface area contributed by atoms with E-state index >= 15 is 0 Å². The zero-order chi connectivity index (χ0) is 12.1. The molecular weight excluding hydrogens is 220 g/mol. The lowest BCUT2D eigenvalue weighted by Gasteiger charge is -2.21. The predicted molar refractivity (Wildman–Crippen MR) is 56.9 cm³/mol. The summed E-state index contributed by atoms with van der Waals surface area (Å²) in [5.41, 5.74) is 0. The summed E-state index contributed by atoms with van der Waals surface area (Å²) in [5, 5.41) is 13.5. The van der Waals surface area contributed by atoms with Crippen LogP contribution in [-0.4, -0.2) is 49.8 Å². The van der Waals surface area contributed by atoms with Crippen LogP contribution < -0.4 is 5.14 Å². The maximum absolute atomic E-state index is 10.7. The number of nitrogens with zero attached hydrogens (tertiary/aromatic N) is 1. The summed E-state index contributed by atoms with van der Waals surface area (Å²) in [5.74, 6) is -1.54. The largest absolute Gasteiger partial charge is 0.481 e. The van der Waals surface area contributed by atoms with Crippen LogP contribution in [0.15, 0.2) is 0 Å². The van der Waals surface area contributed by atoms with E-state index in [0.717, 1.165) is 0 Å². The van der Waals surface area contributed by atoms with Crippen LogP contribution in [0.4, 0.5) is 0 Å². The molecule has 0 fully saturated rings. The molecule has 0 aliphatic rings. The monoisotopic (exact) mass is 238 g/mol. The molecule has 0 aromatic carbocycles. The molecule has 0 rings (SSSR count). The average Bonchev–Trinajstić information content (AvgIpc) is 2.10. The molecule has 0 aliphatic carbocycles. The number of carboxylic acids is 1. The van der Waals surface area contributed by atoms with Gasteiger partial charge in [-0.05, 0) is 6.54 Å². The highest BCUT2D eigenvalue weighted by atomic mass is 32.2. The van der Waals surface area contributed by atoms with Gasteiger partial charge >= 0.3 is 5.97 Å². The van der Waals surface area contributed by atoms with Crippen molar-refractivity contribution in [3.8, 4) is 0 Å². The van der Waals surface area contributed by atoms with E-state index < -0.39 is 21.9 Å². The average molecular weight is 238 g/mol. The van der Waals surface area contributed by atoms with Crippen molar-refractivity contribution >= 4 is 16.0 Å². The second kappa shape index (κ2) is 6.04. The first-order chi connectivity index (χ1) is 6.76. The number of rotatable bonds is 7. The van der Waals surface area contributed by atoms with E-state index in [1.807, 2.05) is 6.92 Å². The predicted octanol–water partition coefficient (Wildman–Crippen LogP) is -0.682. The molecule has 0 saturated heterocycles. The van der Waals surface area contributed by atoms with Crippen molar-refractivity contribution in [2.45, 2.75) is 13.8 Å². The van der Waals surface area contributed by atoms with E-state index in [9.17, 15) is 13.2 Å². The fourth-order valence-corrected chi connectivity index (χ4v) is 1.61. The van der Waals surface area contributed by atoms with Gasteiger partial charge in [-0.1, -0.05) is 13.8 Å². The third kappa shape index (κ3) is 7.29. The molecule has 0 bridgehead atoms. The van der Waals surface area contributed by atoms with Crippen molar-refractivity contribution in [1.82, 2.24) is 4.90 Å². The zero-order valence-corrected chi connectivity index (χ0v) is 9.83. The molecule has 7 heteroatoms. The van der Waals surface area contributed by atoms with Crippen LogP contribution in [0.2, 0.25) is 0 Å². The first-order valence-electron chi connectivity index (χ1n) is 4.72. The summed E-state index contributed by atoms with van der Waals surface area (Å²) in [7, 11) is -3.47. The topological polar surface area (TPSA) is 101 Å². The van der Waals surface area contributed by atoms with Gasteiger partial charge in [0, 0.05) is 13.1 Å². The number of sulfonamides is 1. The molecule has 0 amide bonds. The Hall–Kier alpha value is -0.660. The number of nitrogens with two attached hydrogens (primary N) is 1. The van der Waals surface area contributed by atoms with E-state index in [1.165, 1.54) is 0 Å². The highest BCUT2D eigenvalue weighted by molar-refractivity contribution is 7.89. The molecule has 0 radical (unpaired) electrons. The van der Waals surface area contributed by atoms with Gasteiger partial charge in [0.05, 0.1) is 11.7 Å². The Kier molecular flexibility index (Phi) is 5.77. The fourth-order valence-electron chi connectivity index (χ4n) is 1.10. The minimum atomic E-state index is -3.47. The van der Waals surface area contributed by atoms with Crippen molar-refractivity contribution in [3.05, 3.63) is 0 Å². The molecule has 0 saturated carbocycles. The van der Waals surface area contributed by atoms with Crippen molar-refractivity contribution in [2.75, 3.05) is 25.4 Å². The molecule has 3 N–H and O–H groups in total. The Balaban J connectivity index is 4.10. The second-order valence-corrected chi connectivity index (χ2v) is 5.23. The minimum Gasteiger partial charge on any atom is -0.481 e. The second-order valence-electron chi connectivity index (χ2n) is 3.50. The van der Waals surface area contributed by atoms with E-state index in [-0.39, 0.29) is 12.3 Å². The van der Waals surface area contributed by atoms with Gasteiger partial charge in [-0.25, -0.2) is 13.6 Å². The zero-order valence-electron chi connectivity index (χ0n) is 9.01. The summed E-state index contributed by atoms with van der Waals surface area (Å²) in [6, 6.07) is 0. The summed E-state index contributed by atoms with van der Waals surface area (Å²) in [6.07, 6.45) is 0. The first kappa shape index (κ1) is 14.3. The van der Waals surface area contributed by atoms with Crippen molar-refractivity contribution in [2.24, 2.45) is 11.1 Å². The molecule has 0 aliphatic heterocycles. The van der Waals surface area contributed by atoms with Crippen LogP contribution in [0.1, 0.15) is 13.8 Å². The van der Waals surface area contributed by atoms with E-state index in [0.29, 0.717) is 13.1 Å². The molecule has 0 aromatic heterocycles. The Morgan fingerprint density at radius 3 is 2.40 bits per heavy atom. The van der Waals surface area contributed by atoms with E-state index in [4.69, 9.17) is 10.2 Å².